The Hall–Kier alpha value is -1.76. The van der Waals surface area contributed by atoms with Crippen LogP contribution in [0.1, 0.15) is 79.1 Å². The number of rotatable bonds is 4. The third kappa shape index (κ3) is 3.42. The summed E-state index contributed by atoms with van der Waals surface area (Å²) in [6.07, 6.45) is 5.39. The van der Waals surface area contributed by atoms with Gasteiger partial charge in [0.2, 0.25) is 5.78 Å². The fourth-order valence-electron chi connectivity index (χ4n) is 8.12. The number of hydrogen-bond acceptors (Lipinski definition) is 7. The minimum Gasteiger partial charge on any atom is -0.463 e. The Kier molecular flexibility index (Phi) is 5.80. The number of fused-ring (bicyclic) bond motifs is 5. The van der Waals surface area contributed by atoms with Gasteiger partial charge in [0.25, 0.3) is 0 Å². The molecule has 7 heteroatoms. The molecule has 0 saturated heterocycles. The summed E-state index contributed by atoms with van der Waals surface area (Å²) in [5.74, 6) is -0.677. The maximum atomic E-state index is 13.7. The first-order valence-corrected chi connectivity index (χ1v) is 12.0. The lowest BCUT2D eigenvalue weighted by Gasteiger charge is -2.60. The van der Waals surface area contributed by atoms with Crippen molar-refractivity contribution in [2.45, 2.75) is 90.8 Å². The van der Waals surface area contributed by atoms with Gasteiger partial charge in [-0.1, -0.05) is 13.8 Å². The van der Waals surface area contributed by atoms with Crippen molar-refractivity contribution in [1.29, 1.82) is 0 Å². The molecule has 0 aliphatic heterocycles. The summed E-state index contributed by atoms with van der Waals surface area (Å²) >= 11 is 0. The van der Waals surface area contributed by atoms with E-state index in [1.807, 2.05) is 6.92 Å². The number of ketones is 2. The SMILES string of the molecule is CC(=O)OCC(=O)[C@]1(O)CC[C@@H]2[C@@H]3CC[C@@H]4C[C@H](OC(C)=O)CC[C@]4(C)[C@@H]3C(=O)C[C@]21C. The zero-order chi connectivity index (χ0) is 23.5. The Morgan fingerprint density at radius 2 is 1.75 bits per heavy atom. The highest BCUT2D eigenvalue weighted by atomic mass is 16.5. The van der Waals surface area contributed by atoms with Crippen LogP contribution in [0.25, 0.3) is 0 Å². The van der Waals surface area contributed by atoms with Crippen LogP contribution in [-0.4, -0.2) is 46.9 Å². The molecule has 4 saturated carbocycles. The molecule has 0 bridgehead atoms. The van der Waals surface area contributed by atoms with Crippen LogP contribution in [0.3, 0.4) is 0 Å². The highest BCUT2D eigenvalue weighted by Crippen LogP contribution is 2.67. The summed E-state index contributed by atoms with van der Waals surface area (Å²) in [6, 6.07) is 0. The van der Waals surface area contributed by atoms with Crippen molar-refractivity contribution >= 4 is 23.5 Å². The number of hydrogen-bond donors (Lipinski definition) is 1. The van der Waals surface area contributed by atoms with Gasteiger partial charge in [0.05, 0.1) is 0 Å². The Morgan fingerprint density at radius 1 is 1.03 bits per heavy atom. The fraction of sp³-hybridized carbons (Fsp3) is 0.840. The van der Waals surface area contributed by atoms with Crippen LogP contribution in [0.4, 0.5) is 0 Å². The zero-order valence-corrected chi connectivity index (χ0v) is 19.6. The molecule has 178 valence electrons. The van der Waals surface area contributed by atoms with Crippen molar-refractivity contribution in [1.82, 2.24) is 0 Å². The lowest BCUT2D eigenvalue weighted by atomic mass is 9.44. The average molecular weight is 449 g/mol. The zero-order valence-electron chi connectivity index (χ0n) is 19.6. The van der Waals surface area contributed by atoms with E-state index in [1.54, 1.807) is 0 Å². The van der Waals surface area contributed by atoms with Gasteiger partial charge in [0.15, 0.2) is 6.61 Å². The lowest BCUT2D eigenvalue weighted by Crippen LogP contribution is -2.62. The number of carbonyl (C=O) groups is 4. The Balaban J connectivity index is 1.57. The van der Waals surface area contributed by atoms with Gasteiger partial charge in [0, 0.05) is 31.6 Å². The van der Waals surface area contributed by atoms with Crippen LogP contribution >= 0.6 is 0 Å². The number of aliphatic hydroxyl groups is 1. The molecule has 0 aromatic carbocycles. The second kappa shape index (κ2) is 7.93. The molecule has 7 nitrogen and oxygen atoms in total. The molecule has 32 heavy (non-hydrogen) atoms. The lowest BCUT2D eigenvalue weighted by molar-refractivity contribution is -0.183. The molecule has 4 rings (SSSR count). The van der Waals surface area contributed by atoms with Crippen LogP contribution in [0.15, 0.2) is 0 Å². The summed E-state index contributed by atoms with van der Waals surface area (Å²) in [5.41, 5.74) is -2.61. The highest BCUT2D eigenvalue weighted by Gasteiger charge is 2.69. The van der Waals surface area contributed by atoms with Gasteiger partial charge in [-0.3, -0.25) is 19.2 Å². The van der Waals surface area contributed by atoms with E-state index in [0.29, 0.717) is 18.8 Å². The van der Waals surface area contributed by atoms with Crippen molar-refractivity contribution in [3.8, 4) is 0 Å². The van der Waals surface area contributed by atoms with Gasteiger partial charge >= 0.3 is 11.9 Å². The van der Waals surface area contributed by atoms with E-state index in [-0.39, 0.29) is 47.4 Å². The standard InChI is InChI=1S/C25H36O7/c1-14(26)31-13-21(29)25(30)10-8-19-18-6-5-16-11-17(32-15(2)27)7-9-23(16,3)22(18)20(28)12-24(19,25)4/h16-19,22,30H,5-13H2,1-4H3/t16-,17-,18+,19-,22+,23+,24-,25-/m1/s1. The molecule has 1 N–H and O–H groups in total. The van der Waals surface area contributed by atoms with Gasteiger partial charge in [-0.25, -0.2) is 0 Å². The average Bonchev–Trinajstić information content (AvgIpc) is 2.97. The topological polar surface area (TPSA) is 107 Å². The summed E-state index contributed by atoms with van der Waals surface area (Å²) in [5, 5.41) is 11.5. The van der Waals surface area contributed by atoms with Crippen LogP contribution in [0.5, 0.6) is 0 Å². The minimum absolute atomic E-state index is 0.0680. The molecule has 4 aliphatic rings. The molecule has 0 radical (unpaired) electrons. The largest absolute Gasteiger partial charge is 0.463 e. The molecular weight excluding hydrogens is 412 g/mol. The van der Waals surface area contributed by atoms with Crippen LogP contribution in [0, 0.1) is 34.5 Å². The van der Waals surface area contributed by atoms with Crippen LogP contribution in [0.2, 0.25) is 0 Å². The van der Waals surface area contributed by atoms with Gasteiger partial charge in [-0.2, -0.15) is 0 Å². The van der Waals surface area contributed by atoms with E-state index in [4.69, 9.17) is 9.47 Å². The third-order valence-corrected chi connectivity index (χ3v) is 9.66. The fourth-order valence-corrected chi connectivity index (χ4v) is 8.12. The van der Waals surface area contributed by atoms with Crippen LogP contribution in [-0.2, 0) is 28.7 Å². The van der Waals surface area contributed by atoms with Gasteiger partial charge in [-0.15, -0.1) is 0 Å². The first-order valence-electron chi connectivity index (χ1n) is 12.0. The Bertz CT molecular complexity index is 836. The predicted molar refractivity (Wildman–Crippen MR) is 114 cm³/mol. The summed E-state index contributed by atoms with van der Waals surface area (Å²) < 4.78 is 10.4. The predicted octanol–water partition coefficient (Wildman–Crippen LogP) is 3.00. The van der Waals surface area contributed by atoms with E-state index in [9.17, 15) is 24.3 Å². The van der Waals surface area contributed by atoms with E-state index in [2.05, 4.69) is 6.92 Å². The van der Waals surface area contributed by atoms with E-state index >= 15 is 0 Å². The van der Waals surface area contributed by atoms with E-state index < -0.39 is 29.4 Å². The molecule has 8 atom stereocenters. The monoisotopic (exact) mass is 448 g/mol. The van der Waals surface area contributed by atoms with Gasteiger partial charge in [0.1, 0.15) is 17.5 Å². The number of ether oxygens (including phenoxy) is 2. The van der Waals surface area contributed by atoms with Crippen molar-refractivity contribution in [2.75, 3.05) is 6.61 Å². The van der Waals surface area contributed by atoms with E-state index in [1.165, 1.54) is 13.8 Å². The first kappa shape index (κ1) is 23.4. The quantitative estimate of drug-likeness (QED) is 0.659. The number of esters is 2. The maximum Gasteiger partial charge on any atom is 0.303 e. The molecule has 0 heterocycles. The second-order valence-electron chi connectivity index (χ2n) is 11.2. The molecule has 4 fully saturated rings. The molecule has 0 unspecified atom stereocenters. The number of carbonyl (C=O) groups excluding carboxylic acids is 4. The van der Waals surface area contributed by atoms with Gasteiger partial charge in [-0.05, 0) is 68.1 Å². The second-order valence-corrected chi connectivity index (χ2v) is 11.2. The van der Waals surface area contributed by atoms with E-state index in [0.717, 1.165) is 32.1 Å². The smallest absolute Gasteiger partial charge is 0.303 e. The van der Waals surface area contributed by atoms with Crippen molar-refractivity contribution in [3.05, 3.63) is 0 Å². The molecule has 0 amide bonds. The molecule has 0 spiro atoms. The molecule has 0 aromatic rings. The Morgan fingerprint density at radius 3 is 2.41 bits per heavy atom. The summed E-state index contributed by atoms with van der Waals surface area (Å²) in [6.45, 7) is 6.34. The van der Waals surface area contributed by atoms with Crippen molar-refractivity contribution in [3.63, 3.8) is 0 Å². The third-order valence-electron chi connectivity index (χ3n) is 9.66. The van der Waals surface area contributed by atoms with Gasteiger partial charge < -0.3 is 14.6 Å². The number of Topliss-reactive ketones (excluding diaryl/α,β-unsaturated/α-hetero) is 2. The maximum absolute atomic E-state index is 13.7. The molecule has 4 aliphatic carbocycles. The summed E-state index contributed by atoms with van der Waals surface area (Å²) in [7, 11) is 0. The Labute approximate surface area is 189 Å². The molecule has 0 aromatic heterocycles. The first-order chi connectivity index (χ1) is 14.9. The van der Waals surface area contributed by atoms with Crippen molar-refractivity contribution in [2.24, 2.45) is 34.5 Å². The molecular formula is C25H36O7. The van der Waals surface area contributed by atoms with Crippen LogP contribution < -0.4 is 0 Å². The van der Waals surface area contributed by atoms with Crippen molar-refractivity contribution < 1.29 is 33.8 Å². The normalized spacial score (nSPS) is 45.3. The minimum atomic E-state index is -1.64. The highest BCUT2D eigenvalue weighted by molar-refractivity contribution is 5.93. The summed E-state index contributed by atoms with van der Waals surface area (Å²) in [4.78, 5) is 49.2.